The fourth-order valence-corrected chi connectivity index (χ4v) is 5.86. The van der Waals surface area contributed by atoms with Gasteiger partial charge in [-0.15, -0.1) is 0 Å². The number of halogens is 1. The van der Waals surface area contributed by atoms with Gasteiger partial charge in [-0.2, -0.15) is 0 Å². The Bertz CT molecular complexity index is 1640. The predicted octanol–water partition coefficient (Wildman–Crippen LogP) is 2.44. The van der Waals surface area contributed by atoms with Crippen LogP contribution in [0.2, 0.25) is 0 Å². The maximum absolute atomic E-state index is 13.8. The summed E-state index contributed by atoms with van der Waals surface area (Å²) in [5.41, 5.74) is 13.0. The van der Waals surface area contributed by atoms with Crippen molar-refractivity contribution in [1.29, 1.82) is 0 Å². The quantitative estimate of drug-likeness (QED) is 0.314. The first-order chi connectivity index (χ1) is 17.7. The Labute approximate surface area is 219 Å². The summed E-state index contributed by atoms with van der Waals surface area (Å²) < 4.78 is 2.35. The highest BCUT2D eigenvalue weighted by Crippen LogP contribution is 2.59. The Morgan fingerprint density at radius 2 is 2.00 bits per heavy atom. The van der Waals surface area contributed by atoms with Gasteiger partial charge in [-0.1, -0.05) is 13.0 Å². The number of benzene rings is 1. The summed E-state index contributed by atoms with van der Waals surface area (Å²) in [7, 11) is 0. The number of pyridine rings is 1. The molecule has 0 spiro atoms. The molecule has 6 rings (SSSR count). The summed E-state index contributed by atoms with van der Waals surface area (Å²) in [5.74, 6) is -0.404. The van der Waals surface area contributed by atoms with Gasteiger partial charge in [-0.25, -0.2) is 15.0 Å². The summed E-state index contributed by atoms with van der Waals surface area (Å²) >= 11 is 3.31. The third kappa shape index (κ3) is 3.79. The van der Waals surface area contributed by atoms with E-state index in [2.05, 4.69) is 43.1 Å². The molecule has 1 saturated carbocycles. The van der Waals surface area contributed by atoms with Crippen LogP contribution in [0.25, 0.3) is 21.9 Å². The van der Waals surface area contributed by atoms with E-state index in [-0.39, 0.29) is 35.6 Å². The Morgan fingerprint density at radius 1 is 1.19 bits per heavy atom. The minimum Gasteiger partial charge on any atom is -0.383 e. The fraction of sp³-hybridized carbons (Fsp3) is 0.280. The van der Waals surface area contributed by atoms with Crippen LogP contribution in [-0.4, -0.2) is 54.2 Å². The smallest absolute Gasteiger partial charge is 0.248 e. The summed E-state index contributed by atoms with van der Waals surface area (Å²) in [4.78, 5) is 53.3. The number of carbonyl (C=O) groups excluding carboxylic acids is 3. The molecule has 0 unspecified atom stereocenters. The standard InChI is InChI=1S/C25H23BrN8O3/c1-25-8-15(24(37)32-18-4-2-3-17(26)31-18)34(16(25)9-25)19(35)10-33-14-6-5-12(22(28)36)7-13(14)20-21(27)29-11-30-23(20)33/h2-7,11,15-16H,8-10H2,1H3,(H2,28,36)(H2,27,29,30)(H,31,32,37)/t15-,16+,25-/m0/s1. The Balaban J connectivity index is 1.35. The SMILES string of the molecule is C[C@@]12C[C@@H](C(=O)Nc3cccc(Br)n3)N(C(=O)Cn3c4ccc(C(N)=O)cc4c4c(N)ncnc43)[C@@H]1C2. The van der Waals surface area contributed by atoms with Crippen LogP contribution in [0.3, 0.4) is 0 Å². The summed E-state index contributed by atoms with van der Waals surface area (Å²) in [6.45, 7) is 2.04. The number of hydrogen-bond donors (Lipinski definition) is 3. The molecule has 0 radical (unpaired) electrons. The van der Waals surface area contributed by atoms with Crippen LogP contribution in [-0.2, 0) is 16.1 Å². The van der Waals surface area contributed by atoms with Gasteiger partial charge >= 0.3 is 0 Å². The third-order valence-corrected chi connectivity index (χ3v) is 7.88. The van der Waals surface area contributed by atoms with Crippen molar-refractivity contribution in [2.45, 2.75) is 38.4 Å². The summed E-state index contributed by atoms with van der Waals surface area (Å²) in [5, 5.41) is 4.02. The van der Waals surface area contributed by atoms with Gasteiger partial charge < -0.3 is 26.3 Å². The van der Waals surface area contributed by atoms with Crippen LogP contribution < -0.4 is 16.8 Å². The molecule has 37 heavy (non-hydrogen) atoms. The van der Waals surface area contributed by atoms with Crippen molar-refractivity contribution in [2.75, 3.05) is 11.1 Å². The van der Waals surface area contributed by atoms with Crippen molar-refractivity contribution in [2.24, 2.45) is 11.1 Å². The van der Waals surface area contributed by atoms with Gasteiger partial charge in [0.2, 0.25) is 17.7 Å². The van der Waals surface area contributed by atoms with Crippen LogP contribution in [0.4, 0.5) is 11.6 Å². The molecule has 3 amide bonds. The zero-order valence-corrected chi connectivity index (χ0v) is 21.4. The van der Waals surface area contributed by atoms with E-state index in [1.165, 1.54) is 6.33 Å². The molecule has 1 saturated heterocycles. The number of anilines is 2. The van der Waals surface area contributed by atoms with E-state index < -0.39 is 11.9 Å². The normalized spacial score (nSPS) is 22.3. The van der Waals surface area contributed by atoms with Crippen molar-refractivity contribution >= 4 is 67.2 Å². The average molecular weight is 563 g/mol. The Morgan fingerprint density at radius 3 is 2.76 bits per heavy atom. The first-order valence-corrected chi connectivity index (χ1v) is 12.5. The lowest BCUT2D eigenvalue weighted by molar-refractivity contribution is -0.138. The largest absolute Gasteiger partial charge is 0.383 e. The topological polar surface area (TPSA) is 162 Å². The number of nitrogens with zero attached hydrogens (tertiary/aromatic N) is 5. The molecule has 0 bridgehead atoms. The van der Waals surface area contributed by atoms with Gasteiger partial charge in [0.25, 0.3) is 0 Å². The predicted molar refractivity (Wildman–Crippen MR) is 140 cm³/mol. The Kier molecular flexibility index (Phi) is 5.19. The molecule has 4 aromatic rings. The molecule has 1 aliphatic carbocycles. The molecule has 5 N–H and O–H groups in total. The maximum atomic E-state index is 13.8. The van der Waals surface area contributed by atoms with Crippen LogP contribution >= 0.6 is 15.9 Å². The number of rotatable bonds is 5. The number of nitrogen functional groups attached to an aromatic ring is 1. The molecule has 4 heterocycles. The highest BCUT2D eigenvalue weighted by molar-refractivity contribution is 9.10. The number of nitrogens with two attached hydrogens (primary N) is 2. The number of nitrogens with one attached hydrogen (secondary N) is 1. The van der Waals surface area contributed by atoms with E-state index in [9.17, 15) is 14.4 Å². The van der Waals surface area contributed by atoms with Gasteiger partial charge in [0, 0.05) is 17.0 Å². The molecule has 11 nitrogen and oxygen atoms in total. The highest BCUT2D eigenvalue weighted by atomic mass is 79.9. The van der Waals surface area contributed by atoms with Crippen molar-refractivity contribution in [3.63, 3.8) is 0 Å². The molecule has 188 valence electrons. The molecular weight excluding hydrogens is 540 g/mol. The molecule has 1 aliphatic heterocycles. The van der Waals surface area contributed by atoms with Crippen LogP contribution in [0.1, 0.15) is 30.1 Å². The lowest BCUT2D eigenvalue weighted by Gasteiger charge is -2.27. The first-order valence-electron chi connectivity index (χ1n) is 11.7. The van der Waals surface area contributed by atoms with Gasteiger partial charge in [0.1, 0.15) is 40.8 Å². The van der Waals surface area contributed by atoms with Crippen molar-refractivity contribution in [3.8, 4) is 0 Å². The molecule has 12 heteroatoms. The Hall–Kier alpha value is -4.06. The number of hydrogen-bond acceptors (Lipinski definition) is 7. The van der Waals surface area contributed by atoms with Gasteiger partial charge in [-0.3, -0.25) is 14.4 Å². The van der Waals surface area contributed by atoms with Crippen molar-refractivity contribution < 1.29 is 14.4 Å². The number of carbonyl (C=O) groups is 3. The number of aromatic nitrogens is 4. The number of primary amides is 1. The number of piperidine rings is 1. The van der Waals surface area contributed by atoms with E-state index in [4.69, 9.17) is 11.5 Å². The molecule has 2 aliphatic rings. The molecule has 1 aromatic carbocycles. The number of amides is 3. The zero-order valence-electron chi connectivity index (χ0n) is 19.8. The van der Waals surface area contributed by atoms with Crippen molar-refractivity contribution in [1.82, 2.24) is 24.4 Å². The second-order valence-corrected chi connectivity index (χ2v) is 10.7. The van der Waals surface area contributed by atoms with E-state index in [0.717, 1.165) is 6.42 Å². The monoisotopic (exact) mass is 562 g/mol. The second-order valence-electron chi connectivity index (χ2n) is 9.87. The van der Waals surface area contributed by atoms with Gasteiger partial charge in [0.05, 0.1) is 10.9 Å². The van der Waals surface area contributed by atoms with Crippen molar-refractivity contribution in [3.05, 3.63) is 52.9 Å². The third-order valence-electron chi connectivity index (χ3n) is 7.44. The maximum Gasteiger partial charge on any atom is 0.248 e. The van der Waals surface area contributed by atoms with Crippen LogP contribution in [0.5, 0.6) is 0 Å². The van der Waals surface area contributed by atoms with Crippen LogP contribution in [0, 0.1) is 5.41 Å². The van der Waals surface area contributed by atoms with E-state index in [0.29, 0.717) is 44.3 Å². The van der Waals surface area contributed by atoms with E-state index >= 15 is 0 Å². The van der Waals surface area contributed by atoms with Crippen LogP contribution in [0.15, 0.2) is 47.3 Å². The summed E-state index contributed by atoms with van der Waals surface area (Å²) in [6.07, 6.45) is 2.76. The van der Waals surface area contributed by atoms with Gasteiger partial charge in [-0.05, 0) is 64.5 Å². The molecule has 2 fully saturated rings. The zero-order chi connectivity index (χ0) is 26.1. The average Bonchev–Trinajstić information content (AvgIpc) is 3.26. The highest BCUT2D eigenvalue weighted by Gasteiger charge is 2.64. The van der Waals surface area contributed by atoms with Gasteiger partial charge in [0.15, 0.2) is 0 Å². The minimum absolute atomic E-state index is 0.0135. The molecule has 3 atom stereocenters. The molecule has 3 aromatic heterocycles. The lowest BCUT2D eigenvalue weighted by Crippen LogP contribution is -2.46. The fourth-order valence-electron chi connectivity index (χ4n) is 5.52. The lowest BCUT2D eigenvalue weighted by atomic mass is 10.0. The second kappa shape index (κ2) is 8.23. The van der Waals surface area contributed by atoms with E-state index in [1.54, 1.807) is 45.9 Å². The number of likely N-dealkylation sites (tertiary alicyclic amines) is 1. The summed E-state index contributed by atoms with van der Waals surface area (Å²) in [6, 6.07) is 9.58. The number of fused-ring (bicyclic) bond motifs is 4. The molecular formula is C25H23BrN8O3. The van der Waals surface area contributed by atoms with E-state index in [1.807, 2.05) is 0 Å². The minimum atomic E-state index is -0.619. The first kappa shape index (κ1) is 23.3.